The number of nitrogens with two attached hydrogens (primary N) is 1. The summed E-state index contributed by atoms with van der Waals surface area (Å²) in [5.74, 6) is 0.319. The summed E-state index contributed by atoms with van der Waals surface area (Å²) >= 11 is 0. The van der Waals surface area contributed by atoms with Crippen molar-refractivity contribution in [3.8, 4) is 0 Å². The van der Waals surface area contributed by atoms with Gasteiger partial charge in [-0.15, -0.1) is 0 Å². The molecule has 0 aliphatic heterocycles. The number of amides is 1. The van der Waals surface area contributed by atoms with Gasteiger partial charge in [0.25, 0.3) is 5.91 Å². The van der Waals surface area contributed by atoms with Crippen LogP contribution in [0.5, 0.6) is 0 Å². The molecule has 3 N–H and O–H groups in total. The standard InChI is InChI=1S/C15H24N2O3/c1-11(2)10-19-8-9-20-12(3)15(18)17-14-6-4-13(16)5-7-14/h4-7,11-12H,8-10,16H2,1-3H3,(H,17,18). The summed E-state index contributed by atoms with van der Waals surface area (Å²) in [5, 5.41) is 2.77. The van der Waals surface area contributed by atoms with Gasteiger partial charge < -0.3 is 20.5 Å². The monoisotopic (exact) mass is 280 g/mol. The molecule has 20 heavy (non-hydrogen) atoms. The predicted molar refractivity (Wildman–Crippen MR) is 80.6 cm³/mol. The third kappa shape index (κ3) is 6.54. The summed E-state index contributed by atoms with van der Waals surface area (Å²) in [6, 6.07) is 6.99. The highest BCUT2D eigenvalue weighted by Gasteiger charge is 2.13. The average molecular weight is 280 g/mol. The maximum atomic E-state index is 11.9. The molecule has 0 aliphatic rings. The molecule has 1 amide bonds. The van der Waals surface area contributed by atoms with Crippen molar-refractivity contribution >= 4 is 17.3 Å². The minimum Gasteiger partial charge on any atom is -0.399 e. The summed E-state index contributed by atoms with van der Waals surface area (Å²) in [7, 11) is 0. The van der Waals surface area contributed by atoms with Crippen LogP contribution in [0.3, 0.4) is 0 Å². The van der Waals surface area contributed by atoms with Crippen molar-refractivity contribution in [3.05, 3.63) is 24.3 Å². The van der Waals surface area contributed by atoms with Crippen LogP contribution < -0.4 is 11.1 Å². The minimum absolute atomic E-state index is 0.182. The first-order valence-electron chi connectivity index (χ1n) is 6.84. The Balaban J connectivity index is 2.23. The van der Waals surface area contributed by atoms with Crippen molar-refractivity contribution in [1.82, 2.24) is 0 Å². The van der Waals surface area contributed by atoms with Gasteiger partial charge in [0.15, 0.2) is 0 Å². The lowest BCUT2D eigenvalue weighted by atomic mass is 10.2. The SMILES string of the molecule is CC(C)COCCOC(C)C(=O)Nc1ccc(N)cc1. The summed E-state index contributed by atoms with van der Waals surface area (Å²) in [5.41, 5.74) is 6.95. The second kappa shape index (κ2) is 8.55. The van der Waals surface area contributed by atoms with Gasteiger partial charge in [0.2, 0.25) is 0 Å². The summed E-state index contributed by atoms with van der Waals surface area (Å²) in [6.07, 6.45) is -0.518. The molecular formula is C15H24N2O3. The van der Waals surface area contributed by atoms with Crippen LogP contribution in [-0.4, -0.2) is 31.8 Å². The van der Waals surface area contributed by atoms with Crippen LogP contribution in [0.4, 0.5) is 11.4 Å². The Bertz CT molecular complexity index is 404. The molecule has 1 atom stereocenters. The van der Waals surface area contributed by atoms with E-state index in [1.54, 1.807) is 31.2 Å². The Morgan fingerprint density at radius 2 is 1.85 bits per heavy atom. The molecule has 1 aromatic carbocycles. The van der Waals surface area contributed by atoms with Gasteiger partial charge in [-0.05, 0) is 37.1 Å². The number of nitrogen functional groups attached to an aromatic ring is 1. The summed E-state index contributed by atoms with van der Waals surface area (Å²) in [6.45, 7) is 7.50. The smallest absolute Gasteiger partial charge is 0.253 e. The lowest BCUT2D eigenvalue weighted by molar-refractivity contribution is -0.127. The molecule has 112 valence electrons. The lowest BCUT2D eigenvalue weighted by Crippen LogP contribution is -2.29. The molecule has 5 heteroatoms. The highest BCUT2D eigenvalue weighted by molar-refractivity contribution is 5.94. The molecule has 0 bridgehead atoms. The number of hydrogen-bond acceptors (Lipinski definition) is 4. The van der Waals surface area contributed by atoms with Crippen LogP contribution in [0.1, 0.15) is 20.8 Å². The molecular weight excluding hydrogens is 256 g/mol. The largest absolute Gasteiger partial charge is 0.399 e. The first-order chi connectivity index (χ1) is 9.49. The van der Waals surface area contributed by atoms with Crippen molar-refractivity contribution in [3.63, 3.8) is 0 Å². The number of anilines is 2. The van der Waals surface area contributed by atoms with Gasteiger partial charge in [-0.3, -0.25) is 4.79 Å². The van der Waals surface area contributed by atoms with Crippen LogP contribution in [0.2, 0.25) is 0 Å². The van der Waals surface area contributed by atoms with Gasteiger partial charge in [0, 0.05) is 18.0 Å². The number of hydrogen-bond donors (Lipinski definition) is 2. The van der Waals surface area contributed by atoms with Crippen molar-refractivity contribution in [2.45, 2.75) is 26.9 Å². The van der Waals surface area contributed by atoms with E-state index in [9.17, 15) is 4.79 Å². The van der Waals surface area contributed by atoms with Crippen molar-refractivity contribution in [2.24, 2.45) is 5.92 Å². The number of rotatable bonds is 8. The predicted octanol–water partition coefficient (Wildman–Crippen LogP) is 2.29. The molecule has 0 heterocycles. The number of carbonyl (C=O) groups is 1. The van der Waals surface area contributed by atoms with Crippen molar-refractivity contribution in [2.75, 3.05) is 30.9 Å². The third-order valence-corrected chi connectivity index (χ3v) is 2.59. The van der Waals surface area contributed by atoms with Gasteiger partial charge in [-0.2, -0.15) is 0 Å². The molecule has 0 radical (unpaired) electrons. The molecule has 5 nitrogen and oxygen atoms in total. The Labute approximate surface area is 120 Å². The summed E-state index contributed by atoms with van der Waals surface area (Å²) < 4.78 is 10.8. The molecule has 1 unspecified atom stereocenters. The maximum absolute atomic E-state index is 11.9. The fourth-order valence-electron chi connectivity index (χ4n) is 1.49. The zero-order chi connectivity index (χ0) is 15.0. The average Bonchev–Trinajstić information content (AvgIpc) is 2.40. The highest BCUT2D eigenvalue weighted by Crippen LogP contribution is 2.11. The zero-order valence-corrected chi connectivity index (χ0v) is 12.4. The van der Waals surface area contributed by atoms with Gasteiger partial charge in [0.1, 0.15) is 6.10 Å². The van der Waals surface area contributed by atoms with Crippen LogP contribution in [0.25, 0.3) is 0 Å². The molecule has 0 aromatic heterocycles. The number of carbonyl (C=O) groups excluding carboxylic acids is 1. The number of benzene rings is 1. The van der Waals surface area contributed by atoms with E-state index >= 15 is 0 Å². The van der Waals surface area contributed by atoms with E-state index < -0.39 is 6.10 Å². The first kappa shape index (κ1) is 16.5. The molecule has 0 fully saturated rings. The van der Waals surface area contributed by atoms with E-state index in [0.717, 1.165) is 0 Å². The van der Waals surface area contributed by atoms with E-state index in [1.165, 1.54) is 0 Å². The minimum atomic E-state index is -0.518. The molecule has 0 saturated heterocycles. The second-order valence-corrected chi connectivity index (χ2v) is 5.09. The van der Waals surface area contributed by atoms with Gasteiger partial charge in [0.05, 0.1) is 13.2 Å². The van der Waals surface area contributed by atoms with Gasteiger partial charge in [-0.25, -0.2) is 0 Å². The topological polar surface area (TPSA) is 73.6 Å². The summed E-state index contributed by atoms with van der Waals surface area (Å²) in [4.78, 5) is 11.9. The van der Waals surface area contributed by atoms with E-state index in [0.29, 0.717) is 37.1 Å². The Morgan fingerprint density at radius 1 is 1.20 bits per heavy atom. The number of ether oxygens (including phenoxy) is 2. The van der Waals surface area contributed by atoms with Crippen molar-refractivity contribution in [1.29, 1.82) is 0 Å². The van der Waals surface area contributed by atoms with Crippen LogP contribution in [0.15, 0.2) is 24.3 Å². The van der Waals surface area contributed by atoms with Crippen LogP contribution >= 0.6 is 0 Å². The number of nitrogens with one attached hydrogen (secondary N) is 1. The van der Waals surface area contributed by atoms with E-state index in [-0.39, 0.29) is 5.91 Å². The fraction of sp³-hybridized carbons (Fsp3) is 0.533. The van der Waals surface area contributed by atoms with Crippen molar-refractivity contribution < 1.29 is 14.3 Å². The third-order valence-electron chi connectivity index (χ3n) is 2.59. The van der Waals surface area contributed by atoms with E-state index in [2.05, 4.69) is 19.2 Å². The zero-order valence-electron chi connectivity index (χ0n) is 12.4. The molecule has 0 aliphatic carbocycles. The quantitative estimate of drug-likeness (QED) is 0.566. The first-order valence-corrected chi connectivity index (χ1v) is 6.84. The highest BCUT2D eigenvalue weighted by atomic mass is 16.5. The maximum Gasteiger partial charge on any atom is 0.253 e. The molecule has 0 saturated carbocycles. The van der Waals surface area contributed by atoms with Gasteiger partial charge >= 0.3 is 0 Å². The van der Waals surface area contributed by atoms with Crippen LogP contribution in [0, 0.1) is 5.92 Å². The Morgan fingerprint density at radius 3 is 2.45 bits per heavy atom. The normalized spacial score (nSPS) is 12.4. The second-order valence-electron chi connectivity index (χ2n) is 5.09. The molecule has 1 aromatic rings. The fourth-order valence-corrected chi connectivity index (χ4v) is 1.49. The Kier molecular flexibility index (Phi) is 7.04. The van der Waals surface area contributed by atoms with E-state index in [1.807, 2.05) is 0 Å². The lowest BCUT2D eigenvalue weighted by Gasteiger charge is -2.14. The molecule has 1 rings (SSSR count). The van der Waals surface area contributed by atoms with Crippen LogP contribution in [-0.2, 0) is 14.3 Å². The van der Waals surface area contributed by atoms with Gasteiger partial charge in [-0.1, -0.05) is 13.8 Å². The molecule has 0 spiro atoms. The van der Waals surface area contributed by atoms with E-state index in [4.69, 9.17) is 15.2 Å². The Hall–Kier alpha value is -1.59.